The molecule has 0 bridgehead atoms. The predicted molar refractivity (Wildman–Crippen MR) is 63.0 cm³/mol. The first-order valence-corrected chi connectivity index (χ1v) is 5.91. The van der Waals surface area contributed by atoms with Crippen LogP contribution >= 0.6 is 0 Å². The molecule has 0 aromatic heterocycles. The van der Waals surface area contributed by atoms with Crippen LogP contribution in [0, 0.1) is 11.6 Å². The molecule has 0 saturated heterocycles. The molecule has 0 amide bonds. The van der Waals surface area contributed by atoms with Crippen molar-refractivity contribution in [3.8, 4) is 5.75 Å². The van der Waals surface area contributed by atoms with Gasteiger partial charge in [-0.25, -0.2) is 13.6 Å². The van der Waals surface area contributed by atoms with Crippen molar-refractivity contribution in [2.45, 2.75) is 32.6 Å². The second-order valence-electron chi connectivity index (χ2n) is 3.98. The highest BCUT2D eigenvalue weighted by Gasteiger charge is 2.18. The highest BCUT2D eigenvalue weighted by atomic mass is 19.1. The Morgan fingerprint density at radius 2 is 1.83 bits per heavy atom. The van der Waals surface area contributed by atoms with Gasteiger partial charge >= 0.3 is 5.97 Å². The summed E-state index contributed by atoms with van der Waals surface area (Å²) in [6, 6.07) is 1.79. The normalized spacial score (nSPS) is 10.4. The Balaban J connectivity index is 2.61. The summed E-state index contributed by atoms with van der Waals surface area (Å²) in [6.07, 6.45) is 3.98. The SMILES string of the molecule is CCCCCCOc1cc(F)c(C(=O)O)c(F)c1. The molecule has 1 N–H and O–H groups in total. The second-order valence-corrected chi connectivity index (χ2v) is 3.98. The summed E-state index contributed by atoms with van der Waals surface area (Å²) >= 11 is 0. The molecule has 0 aliphatic rings. The predicted octanol–water partition coefficient (Wildman–Crippen LogP) is 3.62. The summed E-state index contributed by atoms with van der Waals surface area (Å²) in [7, 11) is 0. The van der Waals surface area contributed by atoms with E-state index in [4.69, 9.17) is 9.84 Å². The number of carboxylic acids is 1. The first-order chi connectivity index (χ1) is 8.56. The maximum Gasteiger partial charge on any atom is 0.341 e. The fourth-order valence-electron chi connectivity index (χ4n) is 1.56. The third-order valence-corrected chi connectivity index (χ3v) is 2.50. The van der Waals surface area contributed by atoms with Crippen LogP contribution in [0.15, 0.2) is 12.1 Å². The molecule has 0 fully saturated rings. The van der Waals surface area contributed by atoms with E-state index in [2.05, 4.69) is 6.92 Å². The zero-order valence-corrected chi connectivity index (χ0v) is 10.2. The average Bonchev–Trinajstić information content (AvgIpc) is 2.27. The van der Waals surface area contributed by atoms with Gasteiger partial charge in [-0.2, -0.15) is 0 Å². The molecule has 0 spiro atoms. The number of hydrogen-bond donors (Lipinski definition) is 1. The minimum Gasteiger partial charge on any atom is -0.493 e. The van der Waals surface area contributed by atoms with Gasteiger partial charge in [0.15, 0.2) is 0 Å². The van der Waals surface area contributed by atoms with Crippen molar-refractivity contribution in [3.63, 3.8) is 0 Å². The average molecular weight is 258 g/mol. The van der Waals surface area contributed by atoms with Crippen LogP contribution in [-0.2, 0) is 0 Å². The van der Waals surface area contributed by atoms with Gasteiger partial charge < -0.3 is 9.84 Å². The number of halogens is 2. The first kappa shape index (κ1) is 14.4. The highest BCUT2D eigenvalue weighted by Crippen LogP contribution is 2.21. The van der Waals surface area contributed by atoms with Gasteiger partial charge in [0, 0.05) is 12.1 Å². The van der Waals surface area contributed by atoms with Crippen LogP contribution in [0.2, 0.25) is 0 Å². The number of rotatable bonds is 7. The fraction of sp³-hybridized carbons (Fsp3) is 0.462. The van der Waals surface area contributed by atoms with Crippen molar-refractivity contribution in [3.05, 3.63) is 29.3 Å². The molecule has 5 heteroatoms. The Kier molecular flexibility index (Phi) is 5.55. The standard InChI is InChI=1S/C13H16F2O3/c1-2-3-4-5-6-18-9-7-10(14)12(13(16)17)11(15)8-9/h7-8H,2-6H2,1H3,(H,16,17). The van der Waals surface area contributed by atoms with E-state index < -0.39 is 23.2 Å². The maximum atomic E-state index is 13.3. The van der Waals surface area contributed by atoms with Crippen LogP contribution in [0.3, 0.4) is 0 Å². The molecule has 1 rings (SSSR count). The van der Waals surface area contributed by atoms with Crippen LogP contribution in [0.4, 0.5) is 8.78 Å². The Bertz CT molecular complexity index is 396. The molecule has 0 unspecified atom stereocenters. The first-order valence-electron chi connectivity index (χ1n) is 5.91. The van der Waals surface area contributed by atoms with Crippen molar-refractivity contribution in [2.75, 3.05) is 6.61 Å². The van der Waals surface area contributed by atoms with E-state index in [-0.39, 0.29) is 5.75 Å². The van der Waals surface area contributed by atoms with Crippen LogP contribution in [0.5, 0.6) is 5.75 Å². The van der Waals surface area contributed by atoms with Gasteiger partial charge in [0.1, 0.15) is 22.9 Å². The van der Waals surface area contributed by atoms with Crippen LogP contribution in [0.25, 0.3) is 0 Å². The van der Waals surface area contributed by atoms with Gasteiger partial charge in [-0.15, -0.1) is 0 Å². The summed E-state index contributed by atoms with van der Waals surface area (Å²) in [4.78, 5) is 10.6. The molecular weight excluding hydrogens is 242 g/mol. The molecular formula is C13H16F2O3. The molecule has 0 heterocycles. The minimum atomic E-state index is -1.63. The lowest BCUT2D eigenvalue weighted by Gasteiger charge is -2.07. The van der Waals surface area contributed by atoms with Crippen LogP contribution in [-0.4, -0.2) is 17.7 Å². The summed E-state index contributed by atoms with van der Waals surface area (Å²) in [5.74, 6) is -3.84. The molecule has 100 valence electrons. The van der Waals surface area contributed by atoms with Crippen LogP contribution in [0.1, 0.15) is 43.0 Å². The van der Waals surface area contributed by atoms with Gasteiger partial charge in [0.05, 0.1) is 6.61 Å². The lowest BCUT2D eigenvalue weighted by molar-refractivity contribution is 0.0686. The Morgan fingerprint density at radius 3 is 2.33 bits per heavy atom. The minimum absolute atomic E-state index is 0.0199. The lowest BCUT2D eigenvalue weighted by Crippen LogP contribution is -2.06. The maximum absolute atomic E-state index is 13.3. The van der Waals surface area contributed by atoms with E-state index in [1.165, 1.54) is 0 Å². The monoisotopic (exact) mass is 258 g/mol. The van der Waals surface area contributed by atoms with Gasteiger partial charge in [0.2, 0.25) is 0 Å². The van der Waals surface area contributed by atoms with E-state index in [1.54, 1.807) is 0 Å². The Hall–Kier alpha value is -1.65. The van der Waals surface area contributed by atoms with Crippen LogP contribution < -0.4 is 4.74 Å². The molecule has 0 aliphatic heterocycles. The summed E-state index contributed by atoms with van der Waals surface area (Å²) in [6.45, 7) is 2.45. The second kappa shape index (κ2) is 6.93. The smallest absolute Gasteiger partial charge is 0.341 e. The largest absolute Gasteiger partial charge is 0.493 e. The van der Waals surface area contributed by atoms with Crippen molar-refractivity contribution < 1.29 is 23.4 Å². The Morgan fingerprint density at radius 1 is 1.22 bits per heavy atom. The van der Waals surface area contributed by atoms with E-state index in [0.29, 0.717) is 6.61 Å². The molecule has 0 saturated carbocycles. The summed E-state index contributed by atoms with van der Waals surface area (Å²) in [5.41, 5.74) is -0.951. The number of ether oxygens (including phenoxy) is 1. The molecule has 3 nitrogen and oxygen atoms in total. The van der Waals surface area contributed by atoms with Gasteiger partial charge in [-0.1, -0.05) is 26.2 Å². The molecule has 0 radical (unpaired) electrons. The van der Waals surface area contributed by atoms with E-state index in [9.17, 15) is 13.6 Å². The highest BCUT2D eigenvalue weighted by molar-refractivity contribution is 5.88. The van der Waals surface area contributed by atoms with Crippen molar-refractivity contribution >= 4 is 5.97 Å². The summed E-state index contributed by atoms with van der Waals surface area (Å²) in [5, 5.41) is 8.59. The third kappa shape index (κ3) is 3.98. The van der Waals surface area contributed by atoms with Gasteiger partial charge in [-0.05, 0) is 6.42 Å². The fourth-order valence-corrected chi connectivity index (χ4v) is 1.56. The van der Waals surface area contributed by atoms with E-state index in [0.717, 1.165) is 37.8 Å². The Labute approximate surface area is 104 Å². The number of benzene rings is 1. The van der Waals surface area contributed by atoms with Gasteiger partial charge in [-0.3, -0.25) is 0 Å². The van der Waals surface area contributed by atoms with Gasteiger partial charge in [0.25, 0.3) is 0 Å². The van der Waals surface area contributed by atoms with Crippen molar-refractivity contribution in [1.29, 1.82) is 0 Å². The molecule has 1 aromatic carbocycles. The molecule has 0 aliphatic carbocycles. The molecule has 0 atom stereocenters. The number of carboxylic acid groups (broad SMARTS) is 1. The number of aromatic carboxylic acids is 1. The molecule has 18 heavy (non-hydrogen) atoms. The summed E-state index contributed by atoms with van der Waals surface area (Å²) < 4.78 is 31.8. The number of unbranched alkanes of at least 4 members (excludes halogenated alkanes) is 3. The topological polar surface area (TPSA) is 46.5 Å². The molecule has 1 aromatic rings. The lowest BCUT2D eigenvalue weighted by atomic mass is 10.2. The van der Waals surface area contributed by atoms with E-state index in [1.807, 2.05) is 0 Å². The number of carbonyl (C=O) groups is 1. The van der Waals surface area contributed by atoms with Crippen molar-refractivity contribution in [2.24, 2.45) is 0 Å². The number of hydrogen-bond acceptors (Lipinski definition) is 2. The quantitative estimate of drug-likeness (QED) is 0.760. The third-order valence-electron chi connectivity index (χ3n) is 2.50. The zero-order valence-electron chi connectivity index (χ0n) is 10.2. The van der Waals surface area contributed by atoms with E-state index >= 15 is 0 Å². The zero-order chi connectivity index (χ0) is 13.5. The van der Waals surface area contributed by atoms with Crippen molar-refractivity contribution in [1.82, 2.24) is 0 Å².